The molecule has 2 rings (SSSR count). The van der Waals surface area contributed by atoms with Gasteiger partial charge in [0.25, 0.3) is 0 Å². The van der Waals surface area contributed by atoms with Crippen LogP contribution >= 0.6 is 24.0 Å². The first kappa shape index (κ1) is 19.1. The molecule has 2 nitrogen and oxygen atoms in total. The zero-order valence-electron chi connectivity index (χ0n) is 13.3. The third-order valence-corrected chi connectivity index (χ3v) is 4.03. The van der Waals surface area contributed by atoms with E-state index in [9.17, 15) is 0 Å². The van der Waals surface area contributed by atoms with Crippen molar-refractivity contribution in [1.29, 1.82) is 0 Å². The molecule has 0 saturated heterocycles. The Morgan fingerprint density at radius 2 is 1.91 bits per heavy atom. The molecule has 0 amide bonds. The molecule has 0 fully saturated rings. The minimum Gasteiger partial charge on any atom is -0.460 e. The van der Waals surface area contributed by atoms with Crippen molar-refractivity contribution >= 4 is 24.0 Å². The molecule has 0 aliphatic heterocycles. The summed E-state index contributed by atoms with van der Waals surface area (Å²) in [6.45, 7) is 6.06. The number of unbranched alkanes of at least 4 members (excludes halogenated alkanes) is 3. The summed E-state index contributed by atoms with van der Waals surface area (Å²) < 4.78 is 5.87. The normalized spacial score (nSPS) is 10.5. The van der Waals surface area contributed by atoms with Crippen LogP contribution in [0.3, 0.4) is 0 Å². The molecule has 0 radical (unpaired) electrons. The molecular weight excluding hydrogens is 317 g/mol. The van der Waals surface area contributed by atoms with Crippen molar-refractivity contribution in [2.24, 2.45) is 0 Å². The van der Waals surface area contributed by atoms with Gasteiger partial charge in [-0.05, 0) is 43.7 Å². The average molecular weight is 342 g/mol. The maximum absolute atomic E-state index is 6.16. The molecule has 0 saturated carbocycles. The van der Waals surface area contributed by atoms with Crippen LogP contribution in [0.4, 0.5) is 0 Å². The van der Waals surface area contributed by atoms with Crippen LogP contribution in [-0.4, -0.2) is 6.54 Å². The lowest BCUT2D eigenvalue weighted by atomic mass is 10.1. The monoisotopic (exact) mass is 341 g/mol. The van der Waals surface area contributed by atoms with Gasteiger partial charge >= 0.3 is 0 Å². The van der Waals surface area contributed by atoms with Crippen LogP contribution in [-0.2, 0) is 6.54 Å². The Labute approximate surface area is 144 Å². The van der Waals surface area contributed by atoms with Gasteiger partial charge in [0, 0.05) is 10.6 Å². The summed E-state index contributed by atoms with van der Waals surface area (Å²) in [5.41, 5.74) is 2.11. The second-order valence-corrected chi connectivity index (χ2v) is 5.87. The van der Waals surface area contributed by atoms with Crippen molar-refractivity contribution in [3.8, 4) is 11.3 Å². The van der Waals surface area contributed by atoms with E-state index in [0.29, 0.717) is 0 Å². The molecule has 0 unspecified atom stereocenters. The van der Waals surface area contributed by atoms with Gasteiger partial charge in [0.1, 0.15) is 11.5 Å². The fourth-order valence-electron chi connectivity index (χ4n) is 2.26. The van der Waals surface area contributed by atoms with Gasteiger partial charge < -0.3 is 9.73 Å². The highest BCUT2D eigenvalue weighted by molar-refractivity contribution is 6.31. The van der Waals surface area contributed by atoms with Gasteiger partial charge in [0.2, 0.25) is 0 Å². The summed E-state index contributed by atoms with van der Waals surface area (Å²) in [4.78, 5) is 0. The Kier molecular flexibility index (Phi) is 8.62. The highest BCUT2D eigenvalue weighted by Crippen LogP contribution is 2.26. The molecule has 2 aromatic rings. The van der Waals surface area contributed by atoms with E-state index in [2.05, 4.69) is 12.2 Å². The van der Waals surface area contributed by atoms with Gasteiger partial charge in [-0.25, -0.2) is 0 Å². The van der Waals surface area contributed by atoms with Gasteiger partial charge in [-0.3, -0.25) is 0 Å². The average Bonchev–Trinajstić information content (AvgIpc) is 2.94. The summed E-state index contributed by atoms with van der Waals surface area (Å²) >= 11 is 6.16. The van der Waals surface area contributed by atoms with E-state index in [1.165, 1.54) is 25.7 Å². The number of hydrogen-bond acceptors (Lipinski definition) is 2. The summed E-state index contributed by atoms with van der Waals surface area (Å²) in [5, 5.41) is 4.20. The predicted octanol–water partition coefficient (Wildman–Crippen LogP) is 6.00. The minimum atomic E-state index is 0. The van der Waals surface area contributed by atoms with E-state index in [1.54, 1.807) is 0 Å². The van der Waals surface area contributed by atoms with Crippen LogP contribution in [0, 0.1) is 6.92 Å². The van der Waals surface area contributed by atoms with Crippen LogP contribution in [0.25, 0.3) is 11.3 Å². The molecule has 0 aliphatic carbocycles. The Hall–Kier alpha value is -0.960. The number of furan rings is 1. The third kappa shape index (κ3) is 5.68. The van der Waals surface area contributed by atoms with Crippen LogP contribution < -0.4 is 5.32 Å². The van der Waals surface area contributed by atoms with Crippen LogP contribution in [0.2, 0.25) is 5.02 Å². The van der Waals surface area contributed by atoms with E-state index in [0.717, 1.165) is 40.8 Å². The van der Waals surface area contributed by atoms with Crippen LogP contribution in [0.15, 0.2) is 34.7 Å². The Morgan fingerprint density at radius 1 is 1.09 bits per heavy atom. The maximum atomic E-state index is 6.16. The first-order valence-electron chi connectivity index (χ1n) is 7.76. The Morgan fingerprint density at radius 3 is 2.64 bits per heavy atom. The van der Waals surface area contributed by atoms with Gasteiger partial charge in [-0.1, -0.05) is 49.9 Å². The predicted molar refractivity (Wildman–Crippen MR) is 97.0 cm³/mol. The number of hydrogen-bond donors (Lipinski definition) is 1. The summed E-state index contributed by atoms with van der Waals surface area (Å²) in [6.07, 6.45) is 5.13. The minimum absolute atomic E-state index is 0. The van der Waals surface area contributed by atoms with Crippen LogP contribution in [0.5, 0.6) is 0 Å². The number of aryl methyl sites for hydroxylation is 1. The largest absolute Gasteiger partial charge is 0.460 e. The lowest BCUT2D eigenvalue weighted by molar-refractivity contribution is 0.487. The van der Waals surface area contributed by atoms with E-state index in [4.69, 9.17) is 16.0 Å². The van der Waals surface area contributed by atoms with Crippen molar-refractivity contribution < 1.29 is 4.42 Å². The summed E-state index contributed by atoms with van der Waals surface area (Å²) in [5.74, 6) is 1.84. The molecule has 0 atom stereocenters. The van der Waals surface area contributed by atoms with Gasteiger partial charge in [-0.15, -0.1) is 12.4 Å². The third-order valence-electron chi connectivity index (χ3n) is 3.62. The standard InChI is InChI=1S/C18H24ClNO.ClH/c1-3-4-5-6-11-20-13-16-9-10-18(21-16)15-8-7-14(2)17(19)12-15;/h7-10,12,20H,3-6,11,13H2,1-2H3;1H. The molecule has 122 valence electrons. The van der Waals surface area contributed by atoms with Gasteiger partial charge in [0.05, 0.1) is 6.54 Å². The van der Waals surface area contributed by atoms with E-state index >= 15 is 0 Å². The quantitative estimate of drug-likeness (QED) is 0.595. The zero-order valence-corrected chi connectivity index (χ0v) is 14.9. The van der Waals surface area contributed by atoms with Crippen molar-refractivity contribution in [2.45, 2.75) is 46.1 Å². The van der Waals surface area contributed by atoms with Gasteiger partial charge in [-0.2, -0.15) is 0 Å². The molecule has 4 heteroatoms. The first-order valence-corrected chi connectivity index (χ1v) is 8.14. The fourth-order valence-corrected chi connectivity index (χ4v) is 2.44. The number of rotatable bonds is 8. The first-order chi connectivity index (χ1) is 10.2. The number of benzene rings is 1. The molecule has 0 spiro atoms. The van der Waals surface area contributed by atoms with E-state index in [1.807, 2.05) is 37.3 Å². The van der Waals surface area contributed by atoms with Crippen molar-refractivity contribution in [3.63, 3.8) is 0 Å². The van der Waals surface area contributed by atoms with Crippen molar-refractivity contribution in [2.75, 3.05) is 6.54 Å². The van der Waals surface area contributed by atoms with Crippen LogP contribution in [0.1, 0.15) is 43.9 Å². The molecule has 0 bridgehead atoms. The Balaban J connectivity index is 0.00000242. The number of halogens is 2. The molecular formula is C18H25Cl2NO. The SMILES string of the molecule is CCCCCCNCc1ccc(-c2ccc(C)c(Cl)c2)o1.Cl. The molecule has 1 heterocycles. The molecule has 1 aromatic carbocycles. The molecule has 22 heavy (non-hydrogen) atoms. The lowest BCUT2D eigenvalue weighted by Crippen LogP contribution is -2.14. The number of nitrogens with one attached hydrogen (secondary N) is 1. The molecule has 1 N–H and O–H groups in total. The second kappa shape index (κ2) is 9.94. The van der Waals surface area contributed by atoms with E-state index < -0.39 is 0 Å². The highest BCUT2D eigenvalue weighted by atomic mass is 35.5. The lowest BCUT2D eigenvalue weighted by Gasteiger charge is -2.03. The smallest absolute Gasteiger partial charge is 0.134 e. The topological polar surface area (TPSA) is 25.2 Å². The molecule has 0 aliphatic rings. The van der Waals surface area contributed by atoms with Crippen molar-refractivity contribution in [3.05, 3.63) is 46.7 Å². The van der Waals surface area contributed by atoms with Gasteiger partial charge in [0.15, 0.2) is 0 Å². The van der Waals surface area contributed by atoms with Crippen molar-refractivity contribution in [1.82, 2.24) is 5.32 Å². The summed E-state index contributed by atoms with van der Waals surface area (Å²) in [6, 6.07) is 10.1. The second-order valence-electron chi connectivity index (χ2n) is 5.47. The fraction of sp³-hybridized carbons (Fsp3) is 0.444. The summed E-state index contributed by atoms with van der Waals surface area (Å²) in [7, 11) is 0. The van der Waals surface area contributed by atoms with E-state index in [-0.39, 0.29) is 12.4 Å². The Bertz CT molecular complexity index is 566. The maximum Gasteiger partial charge on any atom is 0.134 e. The highest BCUT2D eigenvalue weighted by Gasteiger charge is 2.06. The molecule has 1 aromatic heterocycles. The zero-order chi connectivity index (χ0) is 15.1.